The zero-order chi connectivity index (χ0) is 15.4. The molecule has 6 nitrogen and oxygen atoms in total. The number of nitrogens with zero attached hydrogens (tertiary/aromatic N) is 3. The molecule has 0 aliphatic carbocycles. The van der Waals surface area contributed by atoms with E-state index in [0.29, 0.717) is 17.0 Å². The third-order valence-electron chi connectivity index (χ3n) is 2.90. The Kier molecular flexibility index (Phi) is 3.86. The molecule has 110 valence electrons. The number of aromatic nitrogens is 3. The molecule has 0 aliphatic heterocycles. The minimum absolute atomic E-state index is 0.150. The highest BCUT2D eigenvalue weighted by Crippen LogP contribution is 2.14. The highest BCUT2D eigenvalue weighted by Gasteiger charge is 2.15. The van der Waals surface area contributed by atoms with Crippen molar-refractivity contribution in [2.45, 2.75) is 6.54 Å². The van der Waals surface area contributed by atoms with Gasteiger partial charge in [0.2, 0.25) is 5.82 Å². The van der Waals surface area contributed by atoms with Crippen LogP contribution in [0.15, 0.2) is 53.3 Å². The first-order valence-electron chi connectivity index (χ1n) is 6.49. The number of pyridine rings is 1. The third kappa shape index (κ3) is 3.14. The van der Waals surface area contributed by atoms with E-state index in [1.165, 1.54) is 12.1 Å². The number of amides is 1. The van der Waals surface area contributed by atoms with Crippen LogP contribution in [0.2, 0.25) is 0 Å². The van der Waals surface area contributed by atoms with Crippen molar-refractivity contribution in [3.05, 3.63) is 66.1 Å². The Bertz CT molecular complexity index is 789. The molecule has 0 saturated heterocycles. The standard InChI is InChI=1S/C15H11FN4O2/c16-12-3-1-2-10(8-12)9-18-14(21)15-19-13(20-22-15)11-4-6-17-7-5-11/h1-8H,9H2,(H,18,21). The number of rotatable bonds is 4. The smallest absolute Gasteiger partial charge is 0.316 e. The highest BCUT2D eigenvalue weighted by atomic mass is 19.1. The van der Waals surface area contributed by atoms with Crippen LogP contribution in [0.5, 0.6) is 0 Å². The van der Waals surface area contributed by atoms with E-state index in [2.05, 4.69) is 20.4 Å². The molecule has 0 atom stereocenters. The van der Waals surface area contributed by atoms with E-state index in [9.17, 15) is 9.18 Å². The predicted octanol–water partition coefficient (Wildman–Crippen LogP) is 2.20. The molecular weight excluding hydrogens is 287 g/mol. The van der Waals surface area contributed by atoms with Gasteiger partial charge >= 0.3 is 11.8 Å². The molecule has 2 heterocycles. The Morgan fingerprint density at radius 1 is 1.23 bits per heavy atom. The zero-order valence-electron chi connectivity index (χ0n) is 11.4. The monoisotopic (exact) mass is 298 g/mol. The van der Waals surface area contributed by atoms with Crippen molar-refractivity contribution >= 4 is 5.91 Å². The molecule has 0 fully saturated rings. The molecule has 2 aromatic heterocycles. The summed E-state index contributed by atoms with van der Waals surface area (Å²) in [5.41, 5.74) is 1.34. The van der Waals surface area contributed by atoms with E-state index in [1.807, 2.05) is 0 Å². The van der Waals surface area contributed by atoms with Crippen LogP contribution in [-0.2, 0) is 6.54 Å². The minimum Gasteiger partial charge on any atom is -0.344 e. The lowest BCUT2D eigenvalue weighted by Gasteiger charge is -2.02. The number of hydrogen-bond donors (Lipinski definition) is 1. The van der Waals surface area contributed by atoms with Crippen LogP contribution in [0.25, 0.3) is 11.4 Å². The number of carbonyl (C=O) groups is 1. The summed E-state index contributed by atoms with van der Waals surface area (Å²) in [7, 11) is 0. The van der Waals surface area contributed by atoms with Crippen molar-refractivity contribution < 1.29 is 13.7 Å². The van der Waals surface area contributed by atoms with Gasteiger partial charge in [0.15, 0.2) is 0 Å². The number of nitrogens with one attached hydrogen (secondary N) is 1. The second kappa shape index (κ2) is 6.13. The lowest BCUT2D eigenvalue weighted by molar-refractivity contribution is 0.0907. The Morgan fingerprint density at radius 2 is 2.05 bits per heavy atom. The average Bonchev–Trinajstić information content (AvgIpc) is 3.04. The molecule has 0 radical (unpaired) electrons. The summed E-state index contributed by atoms with van der Waals surface area (Å²) in [5, 5.41) is 6.33. The first-order valence-corrected chi connectivity index (χ1v) is 6.49. The van der Waals surface area contributed by atoms with Gasteiger partial charge in [0.1, 0.15) is 5.82 Å². The van der Waals surface area contributed by atoms with Crippen molar-refractivity contribution in [2.24, 2.45) is 0 Å². The Labute approximate surface area is 125 Å². The molecule has 0 saturated carbocycles. The summed E-state index contributed by atoms with van der Waals surface area (Å²) in [6.07, 6.45) is 3.19. The number of hydrogen-bond acceptors (Lipinski definition) is 5. The Morgan fingerprint density at radius 3 is 2.82 bits per heavy atom. The van der Waals surface area contributed by atoms with Gasteiger partial charge in [-0.05, 0) is 29.8 Å². The highest BCUT2D eigenvalue weighted by molar-refractivity contribution is 5.89. The molecule has 3 aromatic rings. The van der Waals surface area contributed by atoms with Crippen LogP contribution in [0.4, 0.5) is 4.39 Å². The summed E-state index contributed by atoms with van der Waals surface area (Å²) < 4.78 is 18.0. The van der Waals surface area contributed by atoms with E-state index >= 15 is 0 Å². The first kappa shape index (κ1) is 13.9. The topological polar surface area (TPSA) is 80.9 Å². The minimum atomic E-state index is -0.517. The van der Waals surface area contributed by atoms with Crippen LogP contribution in [0.3, 0.4) is 0 Å². The fraction of sp³-hybridized carbons (Fsp3) is 0.0667. The van der Waals surface area contributed by atoms with Crippen LogP contribution in [0.1, 0.15) is 16.2 Å². The maximum Gasteiger partial charge on any atom is 0.316 e. The predicted molar refractivity (Wildman–Crippen MR) is 75.1 cm³/mol. The molecule has 1 aromatic carbocycles. The van der Waals surface area contributed by atoms with Crippen LogP contribution < -0.4 is 5.32 Å². The number of halogens is 1. The molecule has 22 heavy (non-hydrogen) atoms. The van der Waals surface area contributed by atoms with Gasteiger partial charge in [-0.3, -0.25) is 9.78 Å². The maximum absolute atomic E-state index is 13.0. The lowest BCUT2D eigenvalue weighted by Crippen LogP contribution is -2.23. The molecule has 0 aliphatic rings. The van der Waals surface area contributed by atoms with Crippen LogP contribution >= 0.6 is 0 Å². The van der Waals surface area contributed by atoms with Gasteiger partial charge in [0.05, 0.1) is 0 Å². The van der Waals surface area contributed by atoms with Gasteiger partial charge < -0.3 is 9.84 Å². The zero-order valence-corrected chi connectivity index (χ0v) is 11.4. The van der Waals surface area contributed by atoms with E-state index in [1.54, 1.807) is 36.7 Å². The van der Waals surface area contributed by atoms with E-state index in [0.717, 1.165) is 0 Å². The van der Waals surface area contributed by atoms with E-state index in [-0.39, 0.29) is 18.3 Å². The molecule has 1 N–H and O–H groups in total. The second-order valence-corrected chi connectivity index (χ2v) is 4.47. The molecule has 3 rings (SSSR count). The van der Waals surface area contributed by atoms with Crippen molar-refractivity contribution in [1.82, 2.24) is 20.4 Å². The summed E-state index contributed by atoms with van der Waals surface area (Å²) >= 11 is 0. The van der Waals surface area contributed by atoms with Gasteiger partial charge in [0, 0.05) is 24.5 Å². The molecule has 7 heteroatoms. The van der Waals surface area contributed by atoms with Gasteiger partial charge in [0.25, 0.3) is 0 Å². The average molecular weight is 298 g/mol. The lowest BCUT2D eigenvalue weighted by atomic mass is 10.2. The molecule has 0 spiro atoms. The SMILES string of the molecule is O=C(NCc1cccc(F)c1)c1nc(-c2ccncc2)no1. The maximum atomic E-state index is 13.0. The number of carbonyl (C=O) groups excluding carboxylic acids is 1. The van der Waals surface area contributed by atoms with Crippen molar-refractivity contribution in [1.29, 1.82) is 0 Å². The van der Waals surface area contributed by atoms with E-state index < -0.39 is 5.91 Å². The van der Waals surface area contributed by atoms with Crippen molar-refractivity contribution in [3.63, 3.8) is 0 Å². The van der Waals surface area contributed by atoms with Gasteiger partial charge in [-0.15, -0.1) is 0 Å². The number of benzene rings is 1. The summed E-state index contributed by atoms with van der Waals surface area (Å²) in [5.74, 6) is -0.719. The summed E-state index contributed by atoms with van der Waals surface area (Å²) in [4.78, 5) is 19.8. The van der Waals surface area contributed by atoms with Crippen LogP contribution in [0, 0.1) is 5.82 Å². The third-order valence-corrected chi connectivity index (χ3v) is 2.90. The van der Waals surface area contributed by atoms with Gasteiger partial charge in [-0.1, -0.05) is 17.3 Å². The fourth-order valence-electron chi connectivity index (χ4n) is 1.84. The second-order valence-electron chi connectivity index (χ2n) is 4.47. The van der Waals surface area contributed by atoms with Crippen LogP contribution in [-0.4, -0.2) is 21.0 Å². The van der Waals surface area contributed by atoms with E-state index in [4.69, 9.17) is 4.52 Å². The van der Waals surface area contributed by atoms with Gasteiger partial charge in [-0.2, -0.15) is 4.98 Å². The normalized spacial score (nSPS) is 10.4. The summed E-state index contributed by atoms with van der Waals surface area (Å²) in [6.45, 7) is 0.170. The van der Waals surface area contributed by atoms with Crippen molar-refractivity contribution in [2.75, 3.05) is 0 Å². The molecule has 0 bridgehead atoms. The molecule has 0 unspecified atom stereocenters. The largest absolute Gasteiger partial charge is 0.344 e. The first-order chi connectivity index (χ1) is 10.7. The quantitative estimate of drug-likeness (QED) is 0.798. The molecular formula is C15H11FN4O2. The van der Waals surface area contributed by atoms with Crippen molar-refractivity contribution in [3.8, 4) is 11.4 Å². The fourth-order valence-corrected chi connectivity index (χ4v) is 1.84. The Balaban J connectivity index is 1.67. The van der Waals surface area contributed by atoms with Gasteiger partial charge in [-0.25, -0.2) is 4.39 Å². The Hall–Kier alpha value is -3.09. The molecule has 1 amide bonds. The summed E-state index contributed by atoms with van der Waals surface area (Å²) in [6, 6.07) is 9.38.